The first kappa shape index (κ1) is 20.1. The average molecular weight is 406 g/mol. The van der Waals surface area contributed by atoms with Crippen LogP contribution in [0.5, 0.6) is 0 Å². The lowest BCUT2D eigenvalue weighted by molar-refractivity contribution is -0.143. The Morgan fingerprint density at radius 2 is 1.79 bits per heavy atom. The number of hydrogen-bond acceptors (Lipinski definition) is 7. The van der Waals surface area contributed by atoms with Crippen molar-refractivity contribution in [1.29, 1.82) is 0 Å². The number of esters is 2. The number of hydrogen-bond donors (Lipinski definition) is 0. The second-order valence-electron chi connectivity index (χ2n) is 6.83. The fourth-order valence-electron chi connectivity index (χ4n) is 3.42. The van der Waals surface area contributed by atoms with Gasteiger partial charge in [-0.2, -0.15) is 0 Å². The number of Topliss-reactive ketones (excluding diaryl/α,β-unsaturated/α-hetero) is 1. The highest BCUT2D eigenvalue weighted by atomic mass is 32.1. The third-order valence-electron chi connectivity index (χ3n) is 4.90. The van der Waals surface area contributed by atoms with Gasteiger partial charge >= 0.3 is 16.8 Å². The van der Waals surface area contributed by atoms with Crippen LogP contribution < -0.4 is 4.87 Å². The Morgan fingerprint density at radius 1 is 1.14 bits per heavy atom. The topological polar surface area (TPSA) is 96.6 Å². The molecule has 3 rings (SSSR count). The molecule has 0 atom stereocenters. The van der Waals surface area contributed by atoms with Gasteiger partial charge in [-0.3, -0.25) is 19.0 Å². The van der Waals surface area contributed by atoms with Gasteiger partial charge in [-0.05, 0) is 33.6 Å². The number of rotatable bonds is 7. The van der Waals surface area contributed by atoms with Crippen LogP contribution >= 0.6 is 11.3 Å². The van der Waals surface area contributed by atoms with Gasteiger partial charge in [0.1, 0.15) is 6.54 Å². The molecule has 0 amide bonds. The van der Waals surface area contributed by atoms with Crippen LogP contribution in [0.3, 0.4) is 0 Å². The summed E-state index contributed by atoms with van der Waals surface area (Å²) in [7, 11) is 1.26. The van der Waals surface area contributed by atoms with Crippen LogP contribution in [0, 0.1) is 20.8 Å². The molecule has 1 fully saturated rings. The second kappa shape index (κ2) is 7.75. The third kappa shape index (κ3) is 3.66. The van der Waals surface area contributed by atoms with E-state index in [0.717, 1.165) is 24.2 Å². The normalized spacial score (nSPS) is 13.4. The predicted molar refractivity (Wildman–Crippen MR) is 102 cm³/mol. The fraction of sp³-hybridized carbons (Fsp3) is 0.474. The van der Waals surface area contributed by atoms with Gasteiger partial charge in [0.05, 0.1) is 18.2 Å². The van der Waals surface area contributed by atoms with Crippen LogP contribution in [0.2, 0.25) is 0 Å². The van der Waals surface area contributed by atoms with Crippen molar-refractivity contribution >= 4 is 29.1 Å². The van der Waals surface area contributed by atoms with Crippen molar-refractivity contribution < 1.29 is 23.9 Å². The van der Waals surface area contributed by atoms with Crippen LogP contribution in [-0.4, -0.2) is 40.6 Å². The van der Waals surface area contributed by atoms with E-state index in [1.54, 1.807) is 26.2 Å². The summed E-state index contributed by atoms with van der Waals surface area (Å²) in [5.74, 6) is -1.74. The molecule has 1 aliphatic rings. The SMILES string of the molecule is COC(=O)c1c(C(=O)COC(=O)Cn2c(C)csc2=O)c(C)n(C2CC2)c1C. The summed E-state index contributed by atoms with van der Waals surface area (Å²) in [5.41, 5.74) is 2.46. The predicted octanol–water partition coefficient (Wildman–Crippen LogP) is 2.18. The van der Waals surface area contributed by atoms with Crippen LogP contribution in [0.15, 0.2) is 10.2 Å². The molecule has 0 unspecified atom stereocenters. The standard InChI is InChI=1S/C19H22N2O6S/c1-10-9-28-19(25)20(10)7-15(23)27-8-14(22)16-11(2)21(13-5-6-13)12(3)17(16)18(24)26-4/h9,13H,5-8H2,1-4H3. The quantitative estimate of drug-likeness (QED) is 0.517. The molecule has 150 valence electrons. The number of carbonyl (C=O) groups excluding carboxylic acids is 3. The lowest BCUT2D eigenvalue weighted by Crippen LogP contribution is -2.24. The number of nitrogens with zero attached hydrogens (tertiary/aromatic N) is 2. The molecule has 2 aromatic heterocycles. The number of aromatic nitrogens is 2. The van der Waals surface area contributed by atoms with Gasteiger partial charge in [-0.15, -0.1) is 0 Å². The van der Waals surface area contributed by atoms with Gasteiger partial charge in [0.15, 0.2) is 6.61 Å². The van der Waals surface area contributed by atoms with E-state index in [9.17, 15) is 19.2 Å². The molecule has 0 aromatic carbocycles. The molecule has 9 heteroatoms. The summed E-state index contributed by atoms with van der Waals surface area (Å²) in [6.45, 7) is 4.51. The first-order chi connectivity index (χ1) is 13.3. The summed E-state index contributed by atoms with van der Waals surface area (Å²) in [5, 5.41) is 1.65. The number of methoxy groups -OCH3 is 1. The lowest BCUT2D eigenvalue weighted by atomic mass is 10.1. The van der Waals surface area contributed by atoms with E-state index >= 15 is 0 Å². The monoisotopic (exact) mass is 406 g/mol. The Labute approximate surface area is 165 Å². The number of ether oxygens (including phenoxy) is 2. The molecule has 0 bridgehead atoms. The van der Waals surface area contributed by atoms with E-state index in [2.05, 4.69) is 0 Å². The van der Waals surface area contributed by atoms with Crippen molar-refractivity contribution in [3.63, 3.8) is 0 Å². The Hall–Kier alpha value is -2.68. The summed E-state index contributed by atoms with van der Waals surface area (Å²) in [6.07, 6.45) is 1.99. The van der Waals surface area contributed by atoms with Gasteiger partial charge in [0.2, 0.25) is 5.78 Å². The van der Waals surface area contributed by atoms with E-state index in [-0.39, 0.29) is 28.6 Å². The second-order valence-corrected chi connectivity index (χ2v) is 7.65. The molecule has 2 aromatic rings. The molecular formula is C19H22N2O6S. The maximum atomic E-state index is 12.8. The minimum Gasteiger partial charge on any atom is -0.465 e. The summed E-state index contributed by atoms with van der Waals surface area (Å²) >= 11 is 0.995. The first-order valence-electron chi connectivity index (χ1n) is 8.89. The molecule has 28 heavy (non-hydrogen) atoms. The molecule has 8 nitrogen and oxygen atoms in total. The smallest absolute Gasteiger partial charge is 0.340 e. The molecular weight excluding hydrogens is 384 g/mol. The van der Waals surface area contributed by atoms with E-state index in [1.807, 2.05) is 4.57 Å². The highest BCUT2D eigenvalue weighted by molar-refractivity contribution is 7.07. The van der Waals surface area contributed by atoms with Crippen LogP contribution in [-0.2, 0) is 20.8 Å². The number of thiazole rings is 1. The van der Waals surface area contributed by atoms with Gasteiger partial charge in [-0.25, -0.2) is 4.79 Å². The Balaban J connectivity index is 1.79. The zero-order valence-corrected chi connectivity index (χ0v) is 17.1. The highest BCUT2D eigenvalue weighted by Gasteiger charge is 2.34. The van der Waals surface area contributed by atoms with Crippen LogP contribution in [0.1, 0.15) is 56.7 Å². The van der Waals surface area contributed by atoms with Crippen molar-refractivity contribution in [3.05, 3.63) is 43.3 Å². The molecule has 0 radical (unpaired) electrons. The van der Waals surface area contributed by atoms with Crippen molar-refractivity contribution in [1.82, 2.24) is 9.13 Å². The highest BCUT2D eigenvalue weighted by Crippen LogP contribution is 2.40. The third-order valence-corrected chi connectivity index (χ3v) is 5.79. The molecule has 1 aliphatic carbocycles. The minimum absolute atomic E-state index is 0.220. The summed E-state index contributed by atoms with van der Waals surface area (Å²) in [4.78, 5) is 48.6. The number of aryl methyl sites for hydroxylation is 1. The molecule has 0 spiro atoms. The Kier molecular flexibility index (Phi) is 5.55. The minimum atomic E-state index is -0.687. The van der Waals surface area contributed by atoms with E-state index in [0.29, 0.717) is 17.1 Å². The maximum absolute atomic E-state index is 12.8. The molecule has 0 N–H and O–H groups in total. The Bertz CT molecular complexity index is 1010. The van der Waals surface area contributed by atoms with Gasteiger partial charge in [-0.1, -0.05) is 11.3 Å². The van der Waals surface area contributed by atoms with Crippen molar-refractivity contribution in [2.45, 2.75) is 46.2 Å². The number of carbonyl (C=O) groups is 3. The first-order valence-corrected chi connectivity index (χ1v) is 9.77. The Morgan fingerprint density at radius 3 is 2.32 bits per heavy atom. The molecule has 2 heterocycles. The van der Waals surface area contributed by atoms with Crippen molar-refractivity contribution in [2.24, 2.45) is 0 Å². The molecule has 1 saturated carbocycles. The number of ketones is 1. The van der Waals surface area contributed by atoms with Gasteiger partial charge in [0.25, 0.3) is 0 Å². The molecule has 0 aliphatic heterocycles. The fourth-order valence-corrected chi connectivity index (χ4v) is 4.15. The van der Waals surface area contributed by atoms with Crippen LogP contribution in [0.25, 0.3) is 0 Å². The lowest BCUT2D eigenvalue weighted by Gasteiger charge is -2.08. The van der Waals surface area contributed by atoms with Gasteiger partial charge < -0.3 is 14.0 Å². The summed E-state index contributed by atoms with van der Waals surface area (Å²) < 4.78 is 13.2. The van der Waals surface area contributed by atoms with E-state index in [4.69, 9.17) is 9.47 Å². The zero-order chi connectivity index (χ0) is 20.6. The van der Waals surface area contributed by atoms with Crippen molar-refractivity contribution in [2.75, 3.05) is 13.7 Å². The maximum Gasteiger partial charge on any atom is 0.340 e. The summed E-state index contributed by atoms with van der Waals surface area (Å²) in [6, 6.07) is 0.279. The van der Waals surface area contributed by atoms with Crippen LogP contribution in [0.4, 0.5) is 0 Å². The molecule has 0 saturated heterocycles. The van der Waals surface area contributed by atoms with Crippen molar-refractivity contribution in [3.8, 4) is 0 Å². The zero-order valence-electron chi connectivity index (χ0n) is 16.2. The average Bonchev–Trinajstić information content (AvgIpc) is 3.39. The van der Waals surface area contributed by atoms with Gasteiger partial charge in [0, 0.05) is 28.5 Å². The van der Waals surface area contributed by atoms with E-state index in [1.165, 1.54) is 11.7 Å². The van der Waals surface area contributed by atoms with E-state index < -0.39 is 24.3 Å². The largest absolute Gasteiger partial charge is 0.465 e.